The monoisotopic (exact) mass is 344 g/mol. The summed E-state index contributed by atoms with van der Waals surface area (Å²) in [5, 5.41) is 6.03. The third kappa shape index (κ3) is 4.49. The molecule has 0 aromatic heterocycles. The van der Waals surface area contributed by atoms with Crippen LogP contribution in [0.1, 0.15) is 23.2 Å². The zero-order chi connectivity index (χ0) is 16.9. The van der Waals surface area contributed by atoms with Gasteiger partial charge < -0.3 is 15.4 Å². The van der Waals surface area contributed by atoms with E-state index in [4.69, 9.17) is 16.3 Å². The molecule has 0 spiro atoms. The third-order valence-electron chi connectivity index (χ3n) is 3.52. The maximum absolute atomic E-state index is 12.5. The van der Waals surface area contributed by atoms with Crippen molar-refractivity contribution in [3.8, 4) is 5.75 Å². The molecule has 0 aliphatic heterocycles. The highest BCUT2D eigenvalue weighted by molar-refractivity contribution is 6.31. The largest absolute Gasteiger partial charge is 0.483 e. The van der Waals surface area contributed by atoms with Gasteiger partial charge in [-0.05, 0) is 43.2 Å². The number of halogens is 1. The van der Waals surface area contributed by atoms with Crippen molar-refractivity contribution >= 4 is 29.1 Å². The number of benzene rings is 2. The van der Waals surface area contributed by atoms with Gasteiger partial charge >= 0.3 is 0 Å². The fraction of sp³-hybridized carbons (Fsp3) is 0.222. The number of hydrogen-bond acceptors (Lipinski definition) is 3. The molecule has 1 saturated carbocycles. The number of carbonyl (C=O) groups excluding carboxylic acids is 2. The van der Waals surface area contributed by atoms with Gasteiger partial charge in [0.15, 0.2) is 6.61 Å². The number of para-hydroxylation sites is 1. The van der Waals surface area contributed by atoms with Crippen LogP contribution >= 0.6 is 11.6 Å². The summed E-state index contributed by atoms with van der Waals surface area (Å²) < 4.78 is 5.51. The average molecular weight is 345 g/mol. The molecule has 1 fully saturated rings. The summed E-state index contributed by atoms with van der Waals surface area (Å²) in [6.45, 7) is -0.135. The first-order chi connectivity index (χ1) is 11.6. The molecular formula is C18H17ClN2O3. The molecule has 0 radical (unpaired) electrons. The van der Waals surface area contributed by atoms with Crippen molar-refractivity contribution in [2.75, 3.05) is 11.9 Å². The average Bonchev–Trinajstić information content (AvgIpc) is 3.38. The molecule has 2 aromatic carbocycles. The summed E-state index contributed by atoms with van der Waals surface area (Å²) in [6.07, 6.45) is 2.02. The predicted octanol–water partition coefficient (Wildman–Crippen LogP) is 3.25. The topological polar surface area (TPSA) is 67.4 Å². The van der Waals surface area contributed by atoms with E-state index in [-0.39, 0.29) is 30.0 Å². The third-order valence-corrected chi connectivity index (χ3v) is 3.75. The second-order valence-corrected chi connectivity index (χ2v) is 6.03. The molecule has 24 heavy (non-hydrogen) atoms. The van der Waals surface area contributed by atoms with Crippen LogP contribution in [0.25, 0.3) is 0 Å². The fourth-order valence-electron chi connectivity index (χ4n) is 2.17. The Kier molecular flexibility index (Phi) is 5.01. The fourth-order valence-corrected chi connectivity index (χ4v) is 2.34. The maximum atomic E-state index is 12.5. The molecule has 1 aliphatic carbocycles. The van der Waals surface area contributed by atoms with Crippen LogP contribution in [0.4, 0.5) is 5.69 Å². The molecule has 3 rings (SSSR count). The normalized spacial score (nSPS) is 13.2. The molecule has 124 valence electrons. The van der Waals surface area contributed by atoms with Gasteiger partial charge in [0.25, 0.3) is 11.8 Å². The van der Waals surface area contributed by atoms with Crippen molar-refractivity contribution in [1.29, 1.82) is 0 Å². The Morgan fingerprint density at radius 1 is 1.12 bits per heavy atom. The number of nitrogens with one attached hydrogen (secondary N) is 2. The molecule has 0 atom stereocenters. The van der Waals surface area contributed by atoms with Gasteiger partial charge in [-0.25, -0.2) is 0 Å². The van der Waals surface area contributed by atoms with E-state index >= 15 is 0 Å². The Hall–Kier alpha value is -2.53. The minimum absolute atomic E-state index is 0.135. The van der Waals surface area contributed by atoms with Crippen LogP contribution < -0.4 is 15.4 Å². The minimum atomic E-state index is -0.346. The van der Waals surface area contributed by atoms with Gasteiger partial charge in [-0.15, -0.1) is 0 Å². The Balaban J connectivity index is 1.69. The van der Waals surface area contributed by atoms with E-state index in [2.05, 4.69) is 10.6 Å². The number of rotatable bonds is 6. The molecule has 0 bridgehead atoms. The second-order valence-electron chi connectivity index (χ2n) is 5.59. The van der Waals surface area contributed by atoms with E-state index in [1.807, 2.05) is 18.2 Å². The van der Waals surface area contributed by atoms with Crippen molar-refractivity contribution in [3.63, 3.8) is 0 Å². The second kappa shape index (κ2) is 7.36. The van der Waals surface area contributed by atoms with Crippen molar-refractivity contribution in [2.45, 2.75) is 18.9 Å². The zero-order valence-corrected chi connectivity index (χ0v) is 13.7. The Labute approximate surface area is 145 Å². The van der Waals surface area contributed by atoms with Crippen LogP contribution in [0, 0.1) is 0 Å². The standard InChI is InChI=1S/C18H17ClN2O3/c19-12-6-9-16(24-11-17(22)20-14-7-8-14)15(10-12)18(23)21-13-4-2-1-3-5-13/h1-6,9-10,14H,7-8,11H2,(H,20,22)(H,21,23). The van der Waals surface area contributed by atoms with Crippen molar-refractivity contribution in [3.05, 3.63) is 59.1 Å². The SMILES string of the molecule is O=C(COc1ccc(Cl)cc1C(=O)Nc1ccccc1)NC1CC1. The number of hydrogen-bond donors (Lipinski definition) is 2. The van der Waals surface area contributed by atoms with Gasteiger partial charge in [-0.2, -0.15) is 0 Å². The van der Waals surface area contributed by atoms with E-state index in [1.54, 1.807) is 24.3 Å². The lowest BCUT2D eigenvalue weighted by atomic mass is 10.2. The van der Waals surface area contributed by atoms with E-state index in [9.17, 15) is 9.59 Å². The van der Waals surface area contributed by atoms with Gasteiger partial charge in [-0.1, -0.05) is 29.8 Å². The molecule has 5 nitrogen and oxygen atoms in total. The molecule has 0 unspecified atom stereocenters. The zero-order valence-electron chi connectivity index (χ0n) is 12.9. The van der Waals surface area contributed by atoms with Gasteiger partial charge in [-0.3, -0.25) is 9.59 Å². The number of anilines is 1. The van der Waals surface area contributed by atoms with Crippen LogP contribution in [0.5, 0.6) is 5.75 Å². The predicted molar refractivity (Wildman–Crippen MR) is 92.5 cm³/mol. The highest BCUT2D eigenvalue weighted by atomic mass is 35.5. The van der Waals surface area contributed by atoms with Crippen molar-refractivity contribution in [1.82, 2.24) is 5.32 Å². The first kappa shape index (κ1) is 16.3. The molecule has 2 aromatic rings. The summed E-state index contributed by atoms with van der Waals surface area (Å²) in [4.78, 5) is 24.2. The molecule has 0 heterocycles. The van der Waals surface area contributed by atoms with Crippen LogP contribution in [0.3, 0.4) is 0 Å². The summed E-state index contributed by atoms with van der Waals surface area (Å²) >= 11 is 5.99. The van der Waals surface area contributed by atoms with E-state index < -0.39 is 0 Å². The Morgan fingerprint density at radius 2 is 1.88 bits per heavy atom. The van der Waals surface area contributed by atoms with Crippen LogP contribution in [-0.4, -0.2) is 24.5 Å². The highest BCUT2D eigenvalue weighted by Gasteiger charge is 2.23. The van der Waals surface area contributed by atoms with Gasteiger partial charge in [0.05, 0.1) is 5.56 Å². The van der Waals surface area contributed by atoms with Gasteiger partial charge in [0.1, 0.15) is 5.75 Å². The number of carbonyl (C=O) groups is 2. The first-order valence-electron chi connectivity index (χ1n) is 7.70. The number of amides is 2. The molecular weight excluding hydrogens is 328 g/mol. The minimum Gasteiger partial charge on any atom is -0.483 e. The highest BCUT2D eigenvalue weighted by Crippen LogP contribution is 2.24. The van der Waals surface area contributed by atoms with E-state index in [1.165, 1.54) is 6.07 Å². The molecule has 6 heteroatoms. The first-order valence-corrected chi connectivity index (χ1v) is 8.08. The lowest BCUT2D eigenvalue weighted by Crippen LogP contribution is -2.30. The van der Waals surface area contributed by atoms with E-state index in [0.717, 1.165) is 12.8 Å². The maximum Gasteiger partial charge on any atom is 0.259 e. The molecule has 2 amide bonds. The van der Waals surface area contributed by atoms with Crippen molar-refractivity contribution < 1.29 is 14.3 Å². The quantitative estimate of drug-likeness (QED) is 0.845. The smallest absolute Gasteiger partial charge is 0.259 e. The molecule has 2 N–H and O–H groups in total. The summed E-state index contributed by atoms with van der Waals surface area (Å²) in [5.74, 6) is -0.220. The van der Waals surface area contributed by atoms with E-state index in [0.29, 0.717) is 16.5 Å². The van der Waals surface area contributed by atoms with Crippen LogP contribution in [-0.2, 0) is 4.79 Å². The Bertz CT molecular complexity index is 745. The lowest BCUT2D eigenvalue weighted by Gasteiger charge is -2.12. The summed E-state index contributed by atoms with van der Waals surface area (Å²) in [6, 6.07) is 14.1. The summed E-state index contributed by atoms with van der Waals surface area (Å²) in [5.41, 5.74) is 0.950. The van der Waals surface area contributed by atoms with Gasteiger partial charge in [0.2, 0.25) is 0 Å². The Morgan fingerprint density at radius 3 is 2.58 bits per heavy atom. The van der Waals surface area contributed by atoms with Gasteiger partial charge in [0, 0.05) is 16.8 Å². The summed E-state index contributed by atoms with van der Waals surface area (Å²) in [7, 11) is 0. The number of ether oxygens (including phenoxy) is 1. The van der Waals surface area contributed by atoms with Crippen LogP contribution in [0.2, 0.25) is 5.02 Å². The van der Waals surface area contributed by atoms with Crippen molar-refractivity contribution in [2.24, 2.45) is 0 Å². The lowest BCUT2D eigenvalue weighted by molar-refractivity contribution is -0.123. The molecule has 1 aliphatic rings. The van der Waals surface area contributed by atoms with Crippen LogP contribution in [0.15, 0.2) is 48.5 Å². The molecule has 0 saturated heterocycles.